The molecule has 0 aromatic heterocycles. The fourth-order valence-corrected chi connectivity index (χ4v) is 5.85. The van der Waals surface area contributed by atoms with Gasteiger partial charge in [-0.2, -0.15) is 0 Å². The molecule has 0 aromatic carbocycles. The third-order valence-electron chi connectivity index (χ3n) is 1.46. The van der Waals surface area contributed by atoms with Crippen molar-refractivity contribution < 1.29 is 32.5 Å². The Hall–Kier alpha value is 1.25. The fraction of sp³-hybridized carbons (Fsp3) is 0.875. The summed E-state index contributed by atoms with van der Waals surface area (Å²) < 4.78 is 22.9. The van der Waals surface area contributed by atoms with Crippen molar-refractivity contribution in [3.8, 4) is 0 Å². The second-order valence-electron chi connectivity index (χ2n) is 3.87. The van der Waals surface area contributed by atoms with Crippen molar-refractivity contribution in [3.63, 3.8) is 0 Å². The van der Waals surface area contributed by atoms with E-state index in [1.807, 2.05) is 19.6 Å². The van der Waals surface area contributed by atoms with E-state index in [1.54, 1.807) is 13.8 Å². The van der Waals surface area contributed by atoms with Crippen molar-refractivity contribution in [3.05, 3.63) is 4.74 Å². The van der Waals surface area contributed by atoms with Crippen molar-refractivity contribution in [2.45, 2.75) is 33.5 Å². The average molecular weight is 265 g/mol. The number of hydrogen-bond donors (Lipinski definition) is 0. The van der Waals surface area contributed by atoms with Gasteiger partial charge in [0, 0.05) is 0 Å². The third kappa shape index (κ3) is 5.93. The second-order valence-corrected chi connectivity index (χ2v) is 12.2. The fourth-order valence-electron chi connectivity index (χ4n) is 0.901. The van der Waals surface area contributed by atoms with Crippen LogP contribution in [0.2, 0.25) is 19.6 Å². The Labute approximate surface area is 111 Å². The first-order valence-corrected chi connectivity index (χ1v) is 10.1. The van der Waals surface area contributed by atoms with Gasteiger partial charge in [0.15, 0.2) is 0 Å². The molecule has 0 radical (unpaired) electrons. The molecule has 0 aliphatic rings. The molecule has 0 aromatic rings. The van der Waals surface area contributed by atoms with E-state index in [0.717, 1.165) is 0 Å². The first kappa shape index (κ1) is 18.6. The average Bonchev–Trinajstić information content (AvgIpc) is 2.02. The molecule has 0 aliphatic heterocycles. The summed E-state index contributed by atoms with van der Waals surface area (Å²) in [5, 5.41) is 0. The number of rotatable bonds is 6. The summed E-state index contributed by atoms with van der Waals surface area (Å²) in [5.74, 6) is 0. The van der Waals surface area contributed by atoms with Gasteiger partial charge in [-0.05, 0) is 13.8 Å². The van der Waals surface area contributed by atoms with Crippen LogP contribution in [0.25, 0.3) is 0 Å². The van der Waals surface area contributed by atoms with Crippen LogP contribution >= 0.6 is 19.2 Å². The van der Waals surface area contributed by atoms with Gasteiger partial charge in [-0.1, -0.05) is 27.7 Å². The molecular weight excluding hydrogens is 246 g/mol. The van der Waals surface area contributed by atoms with E-state index in [4.69, 9.17) is 20.6 Å². The molecular formula is C8H19ClLiO3PSi. The summed E-state index contributed by atoms with van der Waals surface area (Å²) in [6.07, 6.45) is 0. The van der Waals surface area contributed by atoms with Crippen molar-refractivity contribution in [2.24, 2.45) is 0 Å². The van der Waals surface area contributed by atoms with Crippen molar-refractivity contribution >= 4 is 27.3 Å². The van der Waals surface area contributed by atoms with Crippen LogP contribution in [-0.2, 0) is 13.6 Å². The molecule has 0 rings (SSSR count). The molecule has 0 spiro atoms. The Kier molecular flexibility index (Phi) is 9.38. The molecule has 0 saturated carbocycles. The number of halogens is 1. The van der Waals surface area contributed by atoms with Crippen molar-refractivity contribution in [1.82, 2.24) is 0 Å². The molecule has 3 nitrogen and oxygen atoms in total. The van der Waals surface area contributed by atoms with Gasteiger partial charge in [0.1, 0.15) is 0 Å². The first-order chi connectivity index (χ1) is 6.28. The zero-order valence-electron chi connectivity index (χ0n) is 10.5. The minimum absolute atomic E-state index is 0. The van der Waals surface area contributed by atoms with E-state index in [1.165, 1.54) is 0 Å². The molecule has 0 fully saturated rings. The van der Waals surface area contributed by atoms with E-state index < -0.39 is 15.7 Å². The largest absolute Gasteiger partial charge is 1.00 e. The van der Waals surface area contributed by atoms with Gasteiger partial charge in [-0.25, -0.2) is 0 Å². The van der Waals surface area contributed by atoms with Gasteiger partial charge >= 0.3 is 18.9 Å². The zero-order chi connectivity index (χ0) is 11.4. The molecule has 0 unspecified atom stereocenters. The predicted octanol–water partition coefficient (Wildman–Crippen LogP) is 0.862. The Morgan fingerprint density at radius 3 is 1.73 bits per heavy atom. The predicted molar refractivity (Wildman–Crippen MR) is 63.3 cm³/mol. The van der Waals surface area contributed by atoms with Gasteiger partial charge < -0.3 is 20.6 Å². The van der Waals surface area contributed by atoms with Gasteiger partial charge in [0.05, 0.1) is 13.2 Å². The summed E-state index contributed by atoms with van der Waals surface area (Å²) in [6, 6.07) is 0. The molecule has 0 saturated heterocycles. The summed E-state index contributed by atoms with van der Waals surface area (Å²) >= 11 is 6.09. The third-order valence-corrected chi connectivity index (χ3v) is 9.53. The van der Waals surface area contributed by atoms with Crippen LogP contribution in [0.5, 0.6) is 0 Å². The monoisotopic (exact) mass is 264 g/mol. The Morgan fingerprint density at radius 1 is 1.20 bits per heavy atom. The van der Waals surface area contributed by atoms with Gasteiger partial charge in [-0.15, -0.1) is 4.74 Å². The maximum atomic E-state index is 12.2. The van der Waals surface area contributed by atoms with Gasteiger partial charge in [-0.3, -0.25) is 4.57 Å². The van der Waals surface area contributed by atoms with E-state index in [-0.39, 0.29) is 18.9 Å². The van der Waals surface area contributed by atoms with Crippen LogP contribution in [0, 0.1) is 4.74 Å². The molecule has 15 heavy (non-hydrogen) atoms. The molecule has 0 N–H and O–H groups in total. The molecule has 0 heterocycles. The molecule has 7 heteroatoms. The van der Waals surface area contributed by atoms with E-state index in [0.29, 0.717) is 18.0 Å². The standard InChI is InChI=1S/C8H19ClO3PSi.Li/c1-6-11-13(10,12-7-2)8(9)14(3,4)5;/h6-7H2,1-5H3;/q-1;+1. The summed E-state index contributed by atoms with van der Waals surface area (Å²) in [5.41, 5.74) is 0. The minimum Gasteiger partial charge on any atom is -0.335 e. The van der Waals surface area contributed by atoms with Crippen LogP contribution < -0.4 is 18.9 Å². The quantitative estimate of drug-likeness (QED) is 0.406. The van der Waals surface area contributed by atoms with Crippen molar-refractivity contribution in [1.29, 1.82) is 0 Å². The second kappa shape index (κ2) is 7.56. The van der Waals surface area contributed by atoms with Crippen molar-refractivity contribution in [2.75, 3.05) is 13.2 Å². The van der Waals surface area contributed by atoms with Crippen LogP contribution in [0.1, 0.15) is 13.8 Å². The molecule has 0 aliphatic carbocycles. The van der Waals surface area contributed by atoms with E-state index in [2.05, 4.69) is 0 Å². The van der Waals surface area contributed by atoms with E-state index >= 15 is 0 Å². The molecule has 86 valence electrons. The van der Waals surface area contributed by atoms with Gasteiger partial charge in [0.2, 0.25) is 7.60 Å². The normalized spacial score (nSPS) is 12.7. The smallest absolute Gasteiger partial charge is 0.335 e. The molecule has 0 amide bonds. The Bertz CT molecular complexity index is 212. The Balaban J connectivity index is 0. The van der Waals surface area contributed by atoms with Crippen LogP contribution in [-0.4, -0.2) is 21.3 Å². The minimum atomic E-state index is -3.19. The SMILES string of the molecule is CCOP(=O)(OCC)[C-](Cl)[Si](C)(C)C.[Li+]. The summed E-state index contributed by atoms with van der Waals surface area (Å²) in [6.45, 7) is 10.3. The van der Waals surface area contributed by atoms with Crippen LogP contribution in [0.4, 0.5) is 0 Å². The topological polar surface area (TPSA) is 35.5 Å². The number of hydrogen-bond acceptors (Lipinski definition) is 3. The maximum Gasteiger partial charge on any atom is 1.00 e. The first-order valence-electron chi connectivity index (χ1n) is 4.70. The molecule has 0 atom stereocenters. The van der Waals surface area contributed by atoms with Crippen LogP contribution in [0.15, 0.2) is 0 Å². The van der Waals surface area contributed by atoms with Gasteiger partial charge in [0.25, 0.3) is 0 Å². The zero-order valence-corrected chi connectivity index (χ0v) is 13.1. The summed E-state index contributed by atoms with van der Waals surface area (Å²) in [4.78, 5) is 0. The Morgan fingerprint density at radius 2 is 1.53 bits per heavy atom. The van der Waals surface area contributed by atoms with Crippen LogP contribution in [0.3, 0.4) is 0 Å². The maximum absolute atomic E-state index is 12.2. The summed E-state index contributed by atoms with van der Waals surface area (Å²) in [7, 11) is -4.99. The van der Waals surface area contributed by atoms with E-state index in [9.17, 15) is 4.57 Å². The molecule has 0 bridgehead atoms.